The molecule has 0 fully saturated rings. The summed E-state index contributed by atoms with van der Waals surface area (Å²) in [6.07, 6.45) is 0.919. The summed E-state index contributed by atoms with van der Waals surface area (Å²) in [7, 11) is 0. The smallest absolute Gasteiger partial charge is 0.174 e. The Morgan fingerprint density at radius 3 is 2.17 bits per heavy atom. The van der Waals surface area contributed by atoms with Crippen molar-refractivity contribution in [3.63, 3.8) is 0 Å². The highest BCUT2D eigenvalue weighted by Crippen LogP contribution is 2.26. The molecule has 0 N–H and O–H groups in total. The van der Waals surface area contributed by atoms with Crippen molar-refractivity contribution in [2.75, 3.05) is 0 Å². The third-order valence-electron chi connectivity index (χ3n) is 1.64. The van der Waals surface area contributed by atoms with Crippen molar-refractivity contribution in [3.05, 3.63) is 12.2 Å². The van der Waals surface area contributed by atoms with Crippen molar-refractivity contribution in [2.24, 2.45) is 11.3 Å². The minimum absolute atomic E-state index is 0.236. The van der Waals surface area contributed by atoms with Crippen molar-refractivity contribution >= 4 is 0 Å². The molecule has 0 aliphatic carbocycles. The van der Waals surface area contributed by atoms with Gasteiger partial charge in [-0.05, 0) is 30.3 Å². The van der Waals surface area contributed by atoms with Crippen LogP contribution in [0.1, 0.15) is 40.5 Å². The van der Waals surface area contributed by atoms with Gasteiger partial charge in [0.1, 0.15) is 0 Å². The van der Waals surface area contributed by atoms with Crippen molar-refractivity contribution in [1.29, 1.82) is 0 Å². The maximum absolute atomic E-state index is 11.7. The predicted octanol–water partition coefficient (Wildman–Crippen LogP) is 4.23. The van der Waals surface area contributed by atoms with Crippen LogP contribution in [-0.2, 0) is 0 Å². The molecule has 0 aliphatic heterocycles. The zero-order valence-electron chi connectivity index (χ0n) is 8.32. The molecule has 0 heterocycles. The molecular weight excluding hydrogens is 158 g/mol. The van der Waals surface area contributed by atoms with E-state index < -0.39 is 6.08 Å². The summed E-state index contributed by atoms with van der Waals surface area (Å²) >= 11 is 0. The van der Waals surface area contributed by atoms with E-state index in [0.29, 0.717) is 12.3 Å². The second kappa shape index (κ2) is 4.58. The van der Waals surface area contributed by atoms with Crippen LogP contribution in [0.3, 0.4) is 0 Å². The average molecular weight is 176 g/mol. The molecule has 1 atom stereocenters. The van der Waals surface area contributed by atoms with Gasteiger partial charge in [0.2, 0.25) is 0 Å². The van der Waals surface area contributed by atoms with E-state index in [4.69, 9.17) is 0 Å². The summed E-state index contributed by atoms with van der Waals surface area (Å²) in [4.78, 5) is 0. The number of allylic oxidation sites excluding steroid dienone is 1. The van der Waals surface area contributed by atoms with E-state index in [1.54, 1.807) is 0 Å². The lowest BCUT2D eigenvalue weighted by molar-refractivity contribution is 0.305. The molecule has 1 unspecified atom stereocenters. The standard InChI is InChI=1S/C10H18F2/c1-8(5-6-9(11)12)7-10(2,3)4/h6,8H,5,7H2,1-4H3. The summed E-state index contributed by atoms with van der Waals surface area (Å²) < 4.78 is 23.4. The minimum Gasteiger partial charge on any atom is -0.174 e. The van der Waals surface area contributed by atoms with Crippen LogP contribution in [0.15, 0.2) is 12.2 Å². The Bertz CT molecular complexity index is 150. The number of hydrogen-bond donors (Lipinski definition) is 0. The Labute approximate surface area is 73.7 Å². The number of rotatable bonds is 3. The Morgan fingerprint density at radius 2 is 1.83 bits per heavy atom. The largest absolute Gasteiger partial charge is 0.266 e. The molecule has 0 rings (SSSR count). The van der Waals surface area contributed by atoms with Gasteiger partial charge in [-0.2, -0.15) is 8.78 Å². The van der Waals surface area contributed by atoms with Crippen LogP contribution in [0.2, 0.25) is 0 Å². The van der Waals surface area contributed by atoms with Gasteiger partial charge in [0.05, 0.1) is 0 Å². The second-order valence-electron chi connectivity index (χ2n) is 4.60. The van der Waals surface area contributed by atoms with Crippen LogP contribution in [0.25, 0.3) is 0 Å². The van der Waals surface area contributed by atoms with E-state index in [-0.39, 0.29) is 5.41 Å². The fraction of sp³-hybridized carbons (Fsp3) is 0.800. The lowest BCUT2D eigenvalue weighted by Gasteiger charge is -2.22. The highest BCUT2D eigenvalue weighted by molar-refractivity contribution is 4.83. The van der Waals surface area contributed by atoms with Crippen molar-refractivity contribution < 1.29 is 8.78 Å². The molecule has 0 aromatic heterocycles. The van der Waals surface area contributed by atoms with E-state index in [2.05, 4.69) is 20.8 Å². The highest BCUT2D eigenvalue weighted by atomic mass is 19.3. The molecule has 2 heteroatoms. The van der Waals surface area contributed by atoms with Crippen molar-refractivity contribution in [3.8, 4) is 0 Å². The molecule has 0 aliphatic rings. The van der Waals surface area contributed by atoms with Crippen LogP contribution in [0.5, 0.6) is 0 Å². The molecule has 0 saturated carbocycles. The van der Waals surface area contributed by atoms with Gasteiger partial charge < -0.3 is 0 Å². The fourth-order valence-corrected chi connectivity index (χ4v) is 1.42. The molecule has 0 aromatic carbocycles. The van der Waals surface area contributed by atoms with E-state index in [0.717, 1.165) is 12.5 Å². The molecule has 0 nitrogen and oxygen atoms in total. The van der Waals surface area contributed by atoms with Crippen LogP contribution in [-0.4, -0.2) is 0 Å². The Hall–Kier alpha value is -0.400. The molecular formula is C10H18F2. The molecule has 0 amide bonds. The van der Waals surface area contributed by atoms with Gasteiger partial charge in [0.25, 0.3) is 6.08 Å². The van der Waals surface area contributed by atoms with Gasteiger partial charge in [-0.3, -0.25) is 0 Å². The summed E-state index contributed by atoms with van der Waals surface area (Å²) in [5.41, 5.74) is 0.236. The lowest BCUT2D eigenvalue weighted by Crippen LogP contribution is -2.10. The van der Waals surface area contributed by atoms with E-state index in [9.17, 15) is 8.78 Å². The van der Waals surface area contributed by atoms with E-state index >= 15 is 0 Å². The first-order valence-electron chi connectivity index (χ1n) is 4.32. The van der Waals surface area contributed by atoms with Crippen LogP contribution < -0.4 is 0 Å². The van der Waals surface area contributed by atoms with E-state index in [1.807, 2.05) is 6.92 Å². The van der Waals surface area contributed by atoms with Crippen molar-refractivity contribution in [1.82, 2.24) is 0 Å². The van der Waals surface area contributed by atoms with Crippen molar-refractivity contribution in [2.45, 2.75) is 40.5 Å². The Morgan fingerprint density at radius 1 is 1.33 bits per heavy atom. The normalized spacial score (nSPS) is 14.2. The van der Waals surface area contributed by atoms with Gasteiger partial charge in [-0.15, -0.1) is 0 Å². The van der Waals surface area contributed by atoms with Gasteiger partial charge in [0, 0.05) is 0 Å². The Balaban J connectivity index is 3.75. The number of halogens is 2. The summed E-state index contributed by atoms with van der Waals surface area (Å²) in [5, 5.41) is 0. The molecule has 0 spiro atoms. The zero-order valence-corrected chi connectivity index (χ0v) is 8.32. The first-order chi connectivity index (χ1) is 5.31. The first kappa shape index (κ1) is 11.6. The van der Waals surface area contributed by atoms with Gasteiger partial charge >= 0.3 is 0 Å². The fourth-order valence-electron chi connectivity index (χ4n) is 1.42. The van der Waals surface area contributed by atoms with Crippen LogP contribution in [0, 0.1) is 11.3 Å². The molecule has 0 bridgehead atoms. The van der Waals surface area contributed by atoms with Crippen LogP contribution in [0.4, 0.5) is 8.78 Å². The van der Waals surface area contributed by atoms with Gasteiger partial charge in [-0.25, -0.2) is 0 Å². The Kier molecular flexibility index (Phi) is 4.43. The summed E-state index contributed by atoms with van der Waals surface area (Å²) in [6.45, 7) is 8.38. The topological polar surface area (TPSA) is 0 Å². The third kappa shape index (κ3) is 7.70. The lowest BCUT2D eigenvalue weighted by atomic mass is 9.84. The van der Waals surface area contributed by atoms with E-state index in [1.165, 1.54) is 0 Å². The predicted molar refractivity (Wildman–Crippen MR) is 48.2 cm³/mol. The third-order valence-corrected chi connectivity index (χ3v) is 1.64. The zero-order chi connectivity index (χ0) is 9.78. The number of hydrogen-bond acceptors (Lipinski definition) is 0. The molecule has 0 saturated heterocycles. The second-order valence-corrected chi connectivity index (χ2v) is 4.60. The SMILES string of the molecule is CC(CC=C(F)F)CC(C)(C)C. The molecule has 0 aromatic rings. The average Bonchev–Trinajstić information content (AvgIpc) is 1.79. The van der Waals surface area contributed by atoms with Crippen LogP contribution >= 0.6 is 0 Å². The van der Waals surface area contributed by atoms with Gasteiger partial charge in [-0.1, -0.05) is 27.7 Å². The molecule has 72 valence electrons. The van der Waals surface area contributed by atoms with Gasteiger partial charge in [0.15, 0.2) is 0 Å². The summed E-state index contributed by atoms with van der Waals surface area (Å²) in [6, 6.07) is 0. The highest BCUT2D eigenvalue weighted by Gasteiger charge is 2.14. The molecule has 12 heavy (non-hydrogen) atoms. The quantitative estimate of drug-likeness (QED) is 0.603. The monoisotopic (exact) mass is 176 g/mol. The minimum atomic E-state index is -1.56. The molecule has 0 radical (unpaired) electrons. The summed E-state index contributed by atoms with van der Waals surface area (Å²) in [5.74, 6) is 0.339. The first-order valence-corrected chi connectivity index (χ1v) is 4.32. The maximum Gasteiger partial charge on any atom is 0.266 e. The maximum atomic E-state index is 11.7.